The summed E-state index contributed by atoms with van der Waals surface area (Å²) in [5, 5.41) is 3.53. The van der Waals surface area contributed by atoms with Gasteiger partial charge in [0.05, 0.1) is 36.4 Å². The van der Waals surface area contributed by atoms with Gasteiger partial charge in [-0.2, -0.15) is 0 Å². The first-order valence-electron chi connectivity index (χ1n) is 11.6. The summed E-state index contributed by atoms with van der Waals surface area (Å²) < 4.78 is 16.2. The van der Waals surface area contributed by atoms with Crippen LogP contribution in [-0.2, 0) is 23.9 Å². The van der Waals surface area contributed by atoms with E-state index in [1.807, 2.05) is 13.0 Å². The summed E-state index contributed by atoms with van der Waals surface area (Å²) in [4.78, 5) is 53.3. The van der Waals surface area contributed by atoms with E-state index < -0.39 is 35.7 Å². The summed E-state index contributed by atoms with van der Waals surface area (Å²) >= 11 is 0. The molecule has 1 aromatic heterocycles. The lowest BCUT2D eigenvalue weighted by atomic mass is 9.69. The quantitative estimate of drug-likeness (QED) is 0.522. The molecule has 0 saturated heterocycles. The zero-order chi connectivity index (χ0) is 25.6. The van der Waals surface area contributed by atoms with E-state index in [9.17, 15) is 19.2 Å². The first-order valence-corrected chi connectivity index (χ1v) is 11.6. The van der Waals surface area contributed by atoms with Gasteiger partial charge in [-0.05, 0) is 52.2 Å². The number of carbonyl (C=O) groups is 3. The minimum atomic E-state index is -1.05. The number of nitrogens with one attached hydrogen (secondary N) is 1. The number of aryl methyl sites for hydroxylation is 1. The van der Waals surface area contributed by atoms with Crippen molar-refractivity contribution < 1.29 is 28.3 Å². The van der Waals surface area contributed by atoms with Crippen molar-refractivity contribution in [2.45, 2.75) is 53.1 Å². The van der Waals surface area contributed by atoms with Gasteiger partial charge in [0.15, 0.2) is 11.2 Å². The number of hydrogen-bond donors (Lipinski definition) is 1. The van der Waals surface area contributed by atoms with Gasteiger partial charge in [0.25, 0.3) is 0 Å². The average Bonchev–Trinajstić information content (AvgIpc) is 2.78. The molecule has 4 rings (SSSR count). The van der Waals surface area contributed by atoms with Gasteiger partial charge in [0.2, 0.25) is 0 Å². The molecule has 1 aliphatic heterocycles. The maximum Gasteiger partial charge on any atom is 0.337 e. The number of ketones is 1. The summed E-state index contributed by atoms with van der Waals surface area (Å²) in [5.74, 6) is -4.19. The average molecular weight is 480 g/mol. The zero-order valence-electron chi connectivity index (χ0n) is 20.7. The number of esters is 2. The molecule has 1 N–H and O–H groups in total. The summed E-state index contributed by atoms with van der Waals surface area (Å²) in [6.45, 7) is 8.81. The minimum Gasteiger partial charge on any atom is -0.468 e. The zero-order valence-corrected chi connectivity index (χ0v) is 20.7. The van der Waals surface area contributed by atoms with Crippen molar-refractivity contribution in [1.29, 1.82) is 0 Å². The normalized spacial score (nSPS) is 22.3. The highest BCUT2D eigenvalue weighted by Crippen LogP contribution is 2.45. The van der Waals surface area contributed by atoms with Crippen LogP contribution in [0.2, 0.25) is 0 Å². The van der Waals surface area contributed by atoms with Gasteiger partial charge in [-0.25, -0.2) is 4.79 Å². The molecule has 8 heteroatoms. The van der Waals surface area contributed by atoms with Crippen molar-refractivity contribution >= 4 is 28.7 Å². The van der Waals surface area contributed by atoms with Crippen LogP contribution in [0.15, 0.2) is 56.2 Å². The summed E-state index contributed by atoms with van der Waals surface area (Å²) in [7, 11) is 1.23. The van der Waals surface area contributed by atoms with E-state index >= 15 is 0 Å². The van der Waals surface area contributed by atoms with Crippen LogP contribution in [-0.4, -0.2) is 30.9 Å². The molecule has 35 heavy (non-hydrogen) atoms. The van der Waals surface area contributed by atoms with E-state index in [4.69, 9.17) is 13.9 Å². The monoisotopic (exact) mass is 479 g/mol. The molecule has 3 atom stereocenters. The Labute approximate surface area is 203 Å². The second kappa shape index (κ2) is 9.17. The number of rotatable bonds is 4. The van der Waals surface area contributed by atoms with E-state index in [1.165, 1.54) is 13.4 Å². The smallest absolute Gasteiger partial charge is 0.337 e. The first kappa shape index (κ1) is 24.4. The van der Waals surface area contributed by atoms with Gasteiger partial charge < -0.3 is 19.2 Å². The maximum absolute atomic E-state index is 13.8. The number of fused-ring (bicyclic) bond motifs is 1. The number of allylic oxidation sites excluding steroid dienone is 3. The number of ether oxygens (including phenoxy) is 2. The van der Waals surface area contributed by atoms with Crippen molar-refractivity contribution in [2.75, 3.05) is 7.11 Å². The van der Waals surface area contributed by atoms with E-state index in [0.717, 1.165) is 5.56 Å². The lowest BCUT2D eigenvalue weighted by Gasteiger charge is -2.38. The van der Waals surface area contributed by atoms with Gasteiger partial charge >= 0.3 is 11.9 Å². The lowest BCUT2D eigenvalue weighted by Crippen LogP contribution is -2.44. The maximum atomic E-state index is 13.8. The molecule has 184 valence electrons. The highest BCUT2D eigenvalue weighted by atomic mass is 16.5. The number of carbonyl (C=O) groups excluding carboxylic acids is 3. The van der Waals surface area contributed by atoms with Crippen molar-refractivity contribution in [2.24, 2.45) is 11.8 Å². The Morgan fingerprint density at radius 1 is 1.17 bits per heavy atom. The Bertz CT molecular complexity index is 1360. The van der Waals surface area contributed by atoms with Crippen LogP contribution < -0.4 is 10.7 Å². The number of methoxy groups -OCH3 is 1. The van der Waals surface area contributed by atoms with Crippen LogP contribution in [0.4, 0.5) is 0 Å². The van der Waals surface area contributed by atoms with Crippen molar-refractivity contribution in [1.82, 2.24) is 5.32 Å². The number of benzene rings is 1. The Balaban J connectivity index is 1.98. The third-order valence-electron chi connectivity index (χ3n) is 6.57. The number of Topliss-reactive ketones (excluding diaryl/α,β-unsaturated/α-hetero) is 1. The predicted octanol–water partition coefficient (Wildman–Crippen LogP) is 3.67. The van der Waals surface area contributed by atoms with Gasteiger partial charge in [-0.15, -0.1) is 0 Å². The first-order chi connectivity index (χ1) is 16.5. The molecular formula is C27H29NO7. The molecule has 1 aliphatic carbocycles. The van der Waals surface area contributed by atoms with Gasteiger partial charge in [0, 0.05) is 22.5 Å². The topological polar surface area (TPSA) is 112 Å². The van der Waals surface area contributed by atoms with Gasteiger partial charge in [-0.3, -0.25) is 14.4 Å². The molecule has 0 amide bonds. The highest BCUT2D eigenvalue weighted by Gasteiger charge is 2.48. The van der Waals surface area contributed by atoms with E-state index in [2.05, 4.69) is 5.32 Å². The third-order valence-corrected chi connectivity index (χ3v) is 6.57. The highest BCUT2D eigenvalue weighted by molar-refractivity contribution is 6.12. The molecule has 0 radical (unpaired) electrons. The summed E-state index contributed by atoms with van der Waals surface area (Å²) in [6, 6.07) is 5.25. The molecule has 8 nitrogen and oxygen atoms in total. The largest absolute Gasteiger partial charge is 0.468 e. The fourth-order valence-corrected chi connectivity index (χ4v) is 5.00. The standard InChI is InChI=1S/C27H29NO7/c1-12(2)35-27(32)21-15(5)28-18-10-14(4)20(26(31)33-6)25(30)23(18)22(21)17-11-34-19-8-7-13(3)9-16(19)24(17)29/h7-9,11-12,14,20,22,28H,10H2,1-6H3/t14-,20-,22-/m0/s1. The van der Waals surface area contributed by atoms with Crippen LogP contribution in [0.1, 0.15) is 51.2 Å². The van der Waals surface area contributed by atoms with Crippen LogP contribution in [0.25, 0.3) is 11.0 Å². The summed E-state index contributed by atoms with van der Waals surface area (Å²) in [5.41, 5.74) is 2.45. The molecule has 2 aromatic rings. The Hall–Kier alpha value is -3.68. The molecule has 0 fully saturated rings. The lowest BCUT2D eigenvalue weighted by molar-refractivity contribution is -0.151. The molecule has 0 spiro atoms. The molecule has 2 heterocycles. The van der Waals surface area contributed by atoms with Crippen LogP contribution in [0.5, 0.6) is 0 Å². The molecular weight excluding hydrogens is 450 g/mol. The number of dihydropyridines is 1. The molecule has 0 saturated carbocycles. The Kier molecular flexibility index (Phi) is 6.40. The summed E-state index contributed by atoms with van der Waals surface area (Å²) in [6.07, 6.45) is 1.26. The molecule has 2 aliphatic rings. The molecule has 1 aromatic carbocycles. The van der Waals surface area contributed by atoms with Gasteiger partial charge in [-0.1, -0.05) is 18.6 Å². The van der Waals surface area contributed by atoms with E-state index in [0.29, 0.717) is 28.8 Å². The van der Waals surface area contributed by atoms with Crippen LogP contribution >= 0.6 is 0 Å². The van der Waals surface area contributed by atoms with Crippen LogP contribution in [0.3, 0.4) is 0 Å². The second-order valence-corrected chi connectivity index (χ2v) is 9.51. The Morgan fingerprint density at radius 2 is 1.89 bits per heavy atom. The fourth-order valence-electron chi connectivity index (χ4n) is 5.00. The van der Waals surface area contributed by atoms with Crippen molar-refractivity contribution in [3.8, 4) is 0 Å². The minimum absolute atomic E-state index is 0.138. The fraction of sp³-hybridized carbons (Fsp3) is 0.407. The number of hydrogen-bond acceptors (Lipinski definition) is 8. The van der Waals surface area contributed by atoms with E-state index in [1.54, 1.807) is 39.8 Å². The third kappa shape index (κ3) is 4.17. The Morgan fingerprint density at radius 3 is 2.54 bits per heavy atom. The van der Waals surface area contributed by atoms with Crippen LogP contribution in [0, 0.1) is 18.8 Å². The molecule has 0 bridgehead atoms. The predicted molar refractivity (Wildman–Crippen MR) is 128 cm³/mol. The second-order valence-electron chi connectivity index (χ2n) is 9.51. The molecule has 0 unspecified atom stereocenters. The van der Waals surface area contributed by atoms with E-state index in [-0.39, 0.29) is 28.1 Å². The van der Waals surface area contributed by atoms with Crippen molar-refractivity contribution in [3.05, 3.63) is 68.4 Å². The van der Waals surface area contributed by atoms with Gasteiger partial charge in [0.1, 0.15) is 11.5 Å². The van der Waals surface area contributed by atoms with Crippen molar-refractivity contribution in [3.63, 3.8) is 0 Å². The SMILES string of the molecule is COC(=O)[C@@H]1C(=O)C2=C(C[C@@H]1C)NC(C)=C(C(=O)OC(C)C)[C@@H]2c1coc2ccc(C)cc2c1=O.